The van der Waals surface area contributed by atoms with Gasteiger partial charge < -0.3 is 20.3 Å². The van der Waals surface area contributed by atoms with E-state index in [-0.39, 0.29) is 42.8 Å². The van der Waals surface area contributed by atoms with Crippen LogP contribution in [0, 0.1) is 0 Å². The highest BCUT2D eigenvalue weighted by Gasteiger charge is 2.26. The van der Waals surface area contributed by atoms with Crippen LogP contribution in [-0.4, -0.2) is 50.8 Å². The molecule has 1 aromatic rings. The highest BCUT2D eigenvalue weighted by atomic mass is 79.9. The van der Waals surface area contributed by atoms with Gasteiger partial charge in [-0.2, -0.15) is 0 Å². The Labute approximate surface area is 163 Å². The largest absolute Gasteiger partial charge is 0.378 e. The van der Waals surface area contributed by atoms with Gasteiger partial charge in [-0.25, -0.2) is 0 Å². The van der Waals surface area contributed by atoms with Crippen LogP contribution in [0.3, 0.4) is 0 Å². The summed E-state index contributed by atoms with van der Waals surface area (Å²) in [4.78, 5) is 14.5. The zero-order valence-corrected chi connectivity index (χ0v) is 16.6. The summed E-state index contributed by atoms with van der Waals surface area (Å²) in [5.41, 5.74) is 1.20. The van der Waals surface area contributed by atoms with E-state index in [0.717, 1.165) is 37.1 Å². The molecule has 0 saturated carbocycles. The molecule has 2 N–H and O–H groups in total. The van der Waals surface area contributed by atoms with Crippen LogP contribution >= 0.6 is 40.7 Å². The third-order valence-corrected chi connectivity index (χ3v) is 4.85. The van der Waals surface area contributed by atoms with Crippen LogP contribution in [-0.2, 0) is 9.53 Å². The summed E-state index contributed by atoms with van der Waals surface area (Å²) < 4.78 is 6.49. The van der Waals surface area contributed by atoms with E-state index in [1.165, 1.54) is 5.69 Å². The minimum atomic E-state index is 0. The maximum atomic E-state index is 12.1. The van der Waals surface area contributed by atoms with Gasteiger partial charge in [-0.1, -0.05) is 12.1 Å². The van der Waals surface area contributed by atoms with Crippen molar-refractivity contribution in [1.82, 2.24) is 10.6 Å². The quantitative estimate of drug-likeness (QED) is 0.754. The smallest absolute Gasteiger partial charge is 0.221 e. The van der Waals surface area contributed by atoms with Gasteiger partial charge >= 0.3 is 0 Å². The van der Waals surface area contributed by atoms with E-state index in [2.05, 4.69) is 43.6 Å². The fourth-order valence-corrected chi connectivity index (χ4v) is 3.60. The summed E-state index contributed by atoms with van der Waals surface area (Å²) >= 11 is 3.59. The second-order valence-corrected chi connectivity index (χ2v) is 6.73. The predicted octanol–water partition coefficient (Wildman–Crippen LogP) is 2.37. The van der Waals surface area contributed by atoms with E-state index in [4.69, 9.17) is 4.74 Å². The number of benzene rings is 1. The van der Waals surface area contributed by atoms with Gasteiger partial charge in [0, 0.05) is 42.6 Å². The number of hydrogen-bond acceptors (Lipinski definition) is 4. The summed E-state index contributed by atoms with van der Waals surface area (Å²) in [6, 6.07) is 8.59. The number of nitrogens with zero attached hydrogens (tertiary/aromatic N) is 1. The van der Waals surface area contributed by atoms with Gasteiger partial charge in [0.25, 0.3) is 0 Å². The lowest BCUT2D eigenvalue weighted by molar-refractivity contribution is -0.122. The number of ether oxygens (including phenoxy) is 1. The zero-order valence-electron chi connectivity index (χ0n) is 13.4. The minimum Gasteiger partial charge on any atom is -0.378 e. The molecule has 0 spiro atoms. The maximum absolute atomic E-state index is 12.1. The Morgan fingerprint density at radius 2 is 2.17 bits per heavy atom. The Kier molecular flexibility index (Phi) is 9.37. The normalized spacial score (nSPS) is 23.1. The van der Waals surface area contributed by atoms with Crippen LogP contribution in [0.15, 0.2) is 28.7 Å². The molecule has 8 heteroatoms. The first-order valence-electron chi connectivity index (χ1n) is 7.82. The molecule has 24 heavy (non-hydrogen) atoms. The van der Waals surface area contributed by atoms with Crippen molar-refractivity contribution >= 4 is 52.3 Å². The average molecular weight is 441 g/mol. The molecule has 1 amide bonds. The molecule has 2 atom stereocenters. The van der Waals surface area contributed by atoms with E-state index in [0.29, 0.717) is 13.0 Å². The zero-order chi connectivity index (χ0) is 15.4. The molecule has 5 nitrogen and oxygen atoms in total. The van der Waals surface area contributed by atoms with Gasteiger partial charge in [-0.3, -0.25) is 4.79 Å². The number of hydrogen-bond donors (Lipinski definition) is 2. The van der Waals surface area contributed by atoms with E-state index in [9.17, 15) is 4.79 Å². The minimum absolute atomic E-state index is 0. The number of anilines is 1. The van der Waals surface area contributed by atoms with Crippen molar-refractivity contribution in [3.8, 4) is 0 Å². The van der Waals surface area contributed by atoms with Crippen molar-refractivity contribution in [3.05, 3.63) is 28.7 Å². The molecule has 0 aromatic heterocycles. The number of carbonyl (C=O) groups excluding carboxylic acids is 1. The molecule has 2 unspecified atom stereocenters. The molecule has 2 aliphatic rings. The van der Waals surface area contributed by atoms with Crippen molar-refractivity contribution < 1.29 is 9.53 Å². The fraction of sp³-hybridized carbons (Fsp3) is 0.562. The average Bonchev–Trinajstić information content (AvgIpc) is 2.97. The molecule has 136 valence electrons. The lowest BCUT2D eigenvalue weighted by Gasteiger charge is -2.24. The van der Waals surface area contributed by atoms with Crippen molar-refractivity contribution in [2.24, 2.45) is 0 Å². The Hall–Kier alpha value is -0.530. The first-order chi connectivity index (χ1) is 10.7. The van der Waals surface area contributed by atoms with E-state index in [1.807, 2.05) is 12.1 Å². The van der Waals surface area contributed by atoms with Gasteiger partial charge in [0.05, 0.1) is 18.9 Å². The molecule has 1 aromatic carbocycles. The van der Waals surface area contributed by atoms with Gasteiger partial charge in [0.2, 0.25) is 5.91 Å². The SMILES string of the molecule is Cl.Cl.O=C(CC1COCCN1)NC1CCN(c2ccccc2Br)C1. The van der Waals surface area contributed by atoms with E-state index in [1.54, 1.807) is 0 Å². The number of para-hydroxylation sites is 1. The molecule has 3 rings (SSSR count). The lowest BCUT2D eigenvalue weighted by atomic mass is 10.1. The lowest BCUT2D eigenvalue weighted by Crippen LogP contribution is -2.46. The van der Waals surface area contributed by atoms with Crippen LogP contribution in [0.5, 0.6) is 0 Å². The number of morpholine rings is 1. The number of nitrogens with one attached hydrogen (secondary N) is 2. The first kappa shape index (κ1) is 21.5. The summed E-state index contributed by atoms with van der Waals surface area (Å²) in [6.45, 7) is 4.03. The number of halogens is 3. The van der Waals surface area contributed by atoms with Gasteiger partial charge in [-0.05, 0) is 34.5 Å². The third kappa shape index (κ3) is 5.77. The monoisotopic (exact) mass is 439 g/mol. The van der Waals surface area contributed by atoms with Gasteiger partial charge in [0.15, 0.2) is 0 Å². The number of amides is 1. The Morgan fingerprint density at radius 1 is 1.38 bits per heavy atom. The molecule has 2 aliphatic heterocycles. The van der Waals surface area contributed by atoms with E-state index < -0.39 is 0 Å². The summed E-state index contributed by atoms with van der Waals surface area (Å²) in [7, 11) is 0. The molecule has 2 fully saturated rings. The van der Waals surface area contributed by atoms with Gasteiger partial charge in [-0.15, -0.1) is 24.8 Å². The Morgan fingerprint density at radius 3 is 2.88 bits per heavy atom. The van der Waals surface area contributed by atoms with Crippen molar-refractivity contribution in [2.75, 3.05) is 37.7 Å². The summed E-state index contributed by atoms with van der Waals surface area (Å²) in [5.74, 6) is 0.113. The molecule has 2 heterocycles. The number of rotatable bonds is 4. The maximum Gasteiger partial charge on any atom is 0.221 e. The summed E-state index contributed by atoms with van der Waals surface area (Å²) in [6.07, 6.45) is 1.48. The van der Waals surface area contributed by atoms with Crippen LogP contribution in [0.25, 0.3) is 0 Å². The van der Waals surface area contributed by atoms with E-state index >= 15 is 0 Å². The number of carbonyl (C=O) groups is 1. The van der Waals surface area contributed by atoms with Crippen molar-refractivity contribution in [2.45, 2.75) is 24.9 Å². The predicted molar refractivity (Wildman–Crippen MR) is 105 cm³/mol. The fourth-order valence-electron chi connectivity index (χ4n) is 3.07. The molecule has 0 bridgehead atoms. The molecule has 0 radical (unpaired) electrons. The highest BCUT2D eigenvalue weighted by Crippen LogP contribution is 2.28. The molecule has 2 saturated heterocycles. The third-order valence-electron chi connectivity index (χ3n) is 4.18. The topological polar surface area (TPSA) is 53.6 Å². The van der Waals surface area contributed by atoms with Crippen LogP contribution in [0.4, 0.5) is 5.69 Å². The summed E-state index contributed by atoms with van der Waals surface area (Å²) in [5, 5.41) is 6.47. The second-order valence-electron chi connectivity index (χ2n) is 5.88. The first-order valence-corrected chi connectivity index (χ1v) is 8.61. The molecule has 0 aliphatic carbocycles. The second kappa shape index (κ2) is 10.5. The van der Waals surface area contributed by atoms with Crippen LogP contribution in [0.1, 0.15) is 12.8 Å². The van der Waals surface area contributed by atoms with Crippen molar-refractivity contribution in [3.63, 3.8) is 0 Å². The van der Waals surface area contributed by atoms with Gasteiger partial charge in [0.1, 0.15) is 0 Å². The van der Waals surface area contributed by atoms with Crippen molar-refractivity contribution in [1.29, 1.82) is 0 Å². The van der Waals surface area contributed by atoms with Crippen LogP contribution < -0.4 is 15.5 Å². The Bertz CT molecular complexity index is 530. The molecular formula is C16H24BrCl2N3O2. The molecular weight excluding hydrogens is 417 g/mol. The van der Waals surface area contributed by atoms with Crippen LogP contribution in [0.2, 0.25) is 0 Å². The Balaban J connectivity index is 0.00000144. The standard InChI is InChI=1S/C16H22BrN3O2.2ClH/c17-14-3-1-2-4-15(14)20-7-5-12(10-20)19-16(21)9-13-11-22-8-6-18-13;;/h1-4,12-13,18H,5-11H2,(H,19,21);2*1H. The highest BCUT2D eigenvalue weighted by molar-refractivity contribution is 9.10.